The Kier molecular flexibility index (Phi) is 7.31. The van der Waals surface area contributed by atoms with Crippen LogP contribution in [0.3, 0.4) is 0 Å². The largest absolute Gasteiger partial charge is 0.391 e. The molecule has 38 heavy (non-hydrogen) atoms. The number of carbonyl (C=O) groups is 4. The summed E-state index contributed by atoms with van der Waals surface area (Å²) in [6.45, 7) is 4.08. The smallest absolute Gasteiger partial charge is 0.328 e. The Bertz CT molecular complexity index is 1180. The summed E-state index contributed by atoms with van der Waals surface area (Å²) in [5, 5.41) is 21.0. The fourth-order valence-electron chi connectivity index (χ4n) is 5.27. The molecule has 0 saturated carbocycles. The highest BCUT2D eigenvalue weighted by atomic mass is 16.3. The van der Waals surface area contributed by atoms with Crippen molar-refractivity contribution in [2.24, 2.45) is 0 Å². The molecule has 2 aliphatic rings. The lowest BCUT2D eigenvalue weighted by Crippen LogP contribution is -2.50. The van der Waals surface area contributed by atoms with Gasteiger partial charge in [-0.05, 0) is 31.4 Å². The minimum Gasteiger partial charge on any atom is -0.391 e. The summed E-state index contributed by atoms with van der Waals surface area (Å²) in [6.07, 6.45) is -1.80. The van der Waals surface area contributed by atoms with E-state index in [-0.39, 0.29) is 19.6 Å². The van der Waals surface area contributed by atoms with Gasteiger partial charge in [0.2, 0.25) is 0 Å². The number of hydrogen-bond donors (Lipinski definition) is 2. The second-order valence-corrected chi connectivity index (χ2v) is 10.3. The molecule has 6 amide bonds. The van der Waals surface area contributed by atoms with Crippen molar-refractivity contribution in [2.75, 3.05) is 26.7 Å². The third-order valence-electron chi connectivity index (χ3n) is 7.52. The van der Waals surface area contributed by atoms with Crippen molar-refractivity contribution in [3.8, 4) is 0 Å². The minimum absolute atomic E-state index is 0.144. The van der Waals surface area contributed by atoms with E-state index in [2.05, 4.69) is 0 Å². The van der Waals surface area contributed by atoms with E-state index in [9.17, 15) is 29.4 Å². The molecule has 10 heteroatoms. The Labute approximate surface area is 222 Å². The van der Waals surface area contributed by atoms with Crippen LogP contribution >= 0.6 is 0 Å². The van der Waals surface area contributed by atoms with Crippen molar-refractivity contribution >= 4 is 23.9 Å². The Balaban J connectivity index is 1.60. The highest BCUT2D eigenvalue weighted by Crippen LogP contribution is 2.42. The molecule has 2 aromatic carbocycles. The zero-order chi connectivity index (χ0) is 27.8. The molecule has 2 fully saturated rings. The molecular formula is C28H34N4O6. The lowest BCUT2D eigenvalue weighted by atomic mass is 9.81. The number of benzene rings is 2. The molecular weight excluding hydrogens is 488 g/mol. The molecule has 4 rings (SSSR count). The molecule has 2 atom stereocenters. The quantitative estimate of drug-likeness (QED) is 0.486. The number of aliphatic hydroxyl groups is 2. The van der Waals surface area contributed by atoms with E-state index < -0.39 is 47.2 Å². The molecule has 2 heterocycles. The van der Waals surface area contributed by atoms with Gasteiger partial charge in [0, 0.05) is 7.05 Å². The monoisotopic (exact) mass is 522 g/mol. The third-order valence-corrected chi connectivity index (χ3v) is 7.52. The zero-order valence-electron chi connectivity index (χ0n) is 22.1. The Hall–Kier alpha value is -3.76. The van der Waals surface area contributed by atoms with Crippen LogP contribution in [0.15, 0.2) is 60.7 Å². The predicted octanol–water partition coefficient (Wildman–Crippen LogP) is 2.00. The van der Waals surface area contributed by atoms with Crippen LogP contribution in [0.25, 0.3) is 0 Å². The Morgan fingerprint density at radius 1 is 0.711 bits per heavy atom. The lowest BCUT2D eigenvalue weighted by molar-refractivity contribution is -0.134. The fourth-order valence-corrected chi connectivity index (χ4v) is 5.27. The van der Waals surface area contributed by atoms with Crippen molar-refractivity contribution in [3.63, 3.8) is 0 Å². The van der Waals surface area contributed by atoms with Gasteiger partial charge >= 0.3 is 12.1 Å². The van der Waals surface area contributed by atoms with Crippen LogP contribution < -0.4 is 0 Å². The van der Waals surface area contributed by atoms with Crippen molar-refractivity contribution < 1.29 is 29.4 Å². The highest BCUT2D eigenvalue weighted by molar-refractivity contribution is 6.09. The van der Waals surface area contributed by atoms with Crippen LogP contribution in [0.4, 0.5) is 9.59 Å². The third kappa shape index (κ3) is 4.23. The van der Waals surface area contributed by atoms with E-state index in [1.54, 1.807) is 76.3 Å². The molecule has 0 spiro atoms. The topological polar surface area (TPSA) is 122 Å². The van der Waals surface area contributed by atoms with Crippen LogP contribution in [-0.4, -0.2) is 98.1 Å². The number of imide groups is 2. The molecule has 0 bridgehead atoms. The van der Waals surface area contributed by atoms with Gasteiger partial charge in [0.25, 0.3) is 11.8 Å². The van der Waals surface area contributed by atoms with E-state index in [1.807, 2.05) is 12.1 Å². The first-order valence-electron chi connectivity index (χ1n) is 12.7. The molecule has 2 unspecified atom stereocenters. The van der Waals surface area contributed by atoms with Gasteiger partial charge in [0.15, 0.2) is 5.54 Å². The summed E-state index contributed by atoms with van der Waals surface area (Å²) in [6, 6.07) is 16.7. The van der Waals surface area contributed by atoms with E-state index >= 15 is 0 Å². The maximum absolute atomic E-state index is 14.1. The Morgan fingerprint density at radius 2 is 1.18 bits per heavy atom. The van der Waals surface area contributed by atoms with E-state index in [0.717, 1.165) is 9.80 Å². The number of amides is 6. The number of hydrogen-bond acceptors (Lipinski definition) is 6. The number of aliphatic hydroxyl groups excluding tert-OH is 2. The summed E-state index contributed by atoms with van der Waals surface area (Å²) in [5.74, 6) is -1.00. The maximum Gasteiger partial charge on any atom is 0.328 e. The normalized spacial score (nSPS) is 20.5. The van der Waals surface area contributed by atoms with Crippen LogP contribution in [0.5, 0.6) is 0 Å². The molecule has 0 aromatic heterocycles. The molecule has 202 valence electrons. The van der Waals surface area contributed by atoms with Crippen molar-refractivity contribution in [1.82, 2.24) is 19.6 Å². The van der Waals surface area contributed by atoms with Crippen LogP contribution in [-0.2, 0) is 15.1 Å². The molecule has 2 aliphatic heterocycles. The first-order chi connectivity index (χ1) is 18.0. The summed E-state index contributed by atoms with van der Waals surface area (Å²) < 4.78 is 0. The van der Waals surface area contributed by atoms with Gasteiger partial charge in [-0.25, -0.2) is 9.59 Å². The maximum atomic E-state index is 14.1. The second-order valence-electron chi connectivity index (χ2n) is 10.3. The predicted molar refractivity (Wildman–Crippen MR) is 139 cm³/mol. The van der Waals surface area contributed by atoms with Crippen molar-refractivity contribution in [3.05, 3.63) is 71.8 Å². The fraction of sp³-hybridized carbons (Fsp3) is 0.429. The number of rotatable bonds is 9. The number of nitrogens with zero attached hydrogens (tertiary/aromatic N) is 4. The van der Waals surface area contributed by atoms with Crippen LogP contribution in [0, 0.1) is 0 Å². The van der Waals surface area contributed by atoms with Gasteiger partial charge in [0.1, 0.15) is 5.54 Å². The van der Waals surface area contributed by atoms with Crippen molar-refractivity contribution in [2.45, 2.75) is 50.5 Å². The highest BCUT2D eigenvalue weighted by Gasteiger charge is 2.58. The van der Waals surface area contributed by atoms with E-state index in [4.69, 9.17) is 0 Å². The second kappa shape index (κ2) is 10.2. The number of carbonyl (C=O) groups excluding carboxylic acids is 4. The molecule has 10 nitrogen and oxygen atoms in total. The number of likely N-dealkylation sites (N-methyl/N-ethyl adjacent to an activating group) is 1. The van der Waals surface area contributed by atoms with E-state index in [1.165, 1.54) is 9.80 Å². The van der Waals surface area contributed by atoms with Gasteiger partial charge in [-0.3, -0.25) is 19.4 Å². The van der Waals surface area contributed by atoms with Crippen LogP contribution in [0.1, 0.15) is 38.3 Å². The van der Waals surface area contributed by atoms with Gasteiger partial charge in [-0.15, -0.1) is 0 Å². The SMILES string of the molecule is CCC(O)CN1C(=O)N(CC(O)CN2C(=O)N(C)C(c3ccccc3)(c3ccccc3)C2=O)C(C)(C)C1=O. The number of urea groups is 2. The molecule has 0 aliphatic carbocycles. The zero-order valence-corrected chi connectivity index (χ0v) is 22.1. The van der Waals surface area contributed by atoms with Crippen molar-refractivity contribution in [1.29, 1.82) is 0 Å². The molecule has 2 N–H and O–H groups in total. The lowest BCUT2D eigenvalue weighted by Gasteiger charge is -2.34. The molecule has 2 saturated heterocycles. The number of β-amino-alcohol motifs (C(OH)–C–C–N with tert-alkyl or cyclic N) is 2. The summed E-state index contributed by atoms with van der Waals surface area (Å²) in [5.41, 5.74) is -1.48. The first-order valence-corrected chi connectivity index (χ1v) is 12.7. The van der Waals surface area contributed by atoms with Gasteiger partial charge in [-0.2, -0.15) is 0 Å². The van der Waals surface area contributed by atoms with Gasteiger partial charge in [-0.1, -0.05) is 67.6 Å². The average Bonchev–Trinajstić information content (AvgIpc) is 3.19. The summed E-state index contributed by atoms with van der Waals surface area (Å²) in [4.78, 5) is 58.1. The van der Waals surface area contributed by atoms with Gasteiger partial charge < -0.3 is 20.0 Å². The standard InChI is InChI=1S/C28H34N4O6/c1-5-21(33)16-30-23(35)27(2,3)32(26(30)38)18-22(34)17-31-24(36)28(29(4)25(31)37,19-12-8-6-9-13-19)20-14-10-7-11-15-20/h6-15,21-22,33-34H,5,16-18H2,1-4H3. The van der Waals surface area contributed by atoms with Crippen LogP contribution in [0.2, 0.25) is 0 Å². The minimum atomic E-state index is -1.43. The average molecular weight is 523 g/mol. The molecule has 2 aromatic rings. The summed E-state index contributed by atoms with van der Waals surface area (Å²) >= 11 is 0. The summed E-state index contributed by atoms with van der Waals surface area (Å²) in [7, 11) is 1.55. The molecule has 0 radical (unpaired) electrons. The Morgan fingerprint density at radius 3 is 1.68 bits per heavy atom. The first kappa shape index (κ1) is 27.3. The van der Waals surface area contributed by atoms with E-state index in [0.29, 0.717) is 17.5 Å². The van der Waals surface area contributed by atoms with Gasteiger partial charge in [0.05, 0.1) is 31.8 Å².